The molecule has 1 aliphatic carbocycles. The van der Waals surface area contributed by atoms with Gasteiger partial charge in [-0.15, -0.1) is 0 Å². The van der Waals surface area contributed by atoms with Crippen molar-refractivity contribution in [2.24, 2.45) is 0 Å². The lowest BCUT2D eigenvalue weighted by atomic mass is 9.91. The van der Waals surface area contributed by atoms with E-state index in [9.17, 15) is 9.90 Å². The molecule has 0 spiro atoms. The van der Waals surface area contributed by atoms with Gasteiger partial charge < -0.3 is 5.11 Å². The van der Waals surface area contributed by atoms with Crippen LogP contribution in [0.1, 0.15) is 17.5 Å². The summed E-state index contributed by atoms with van der Waals surface area (Å²) in [4.78, 5) is 11.2. The molecule has 0 aliphatic heterocycles. The highest BCUT2D eigenvalue weighted by molar-refractivity contribution is 14.1. The van der Waals surface area contributed by atoms with E-state index < -0.39 is 0 Å². The highest BCUT2D eigenvalue weighted by Crippen LogP contribution is 2.28. The van der Waals surface area contributed by atoms with Crippen molar-refractivity contribution in [1.29, 1.82) is 0 Å². The molecule has 0 heterocycles. The topological polar surface area (TPSA) is 37.3 Å². The van der Waals surface area contributed by atoms with Crippen molar-refractivity contribution in [3.05, 3.63) is 26.8 Å². The lowest BCUT2D eigenvalue weighted by Crippen LogP contribution is -2.14. The molecule has 68 valence electrons. The number of hydrogen-bond donors (Lipinski definition) is 1. The molecular formula is C10H9IO2. The monoisotopic (exact) mass is 288 g/mol. The standard InChI is InChI=1S/C10H9IO2/c11-10-5-8(13)3-6-1-2-7(12)4-9(6)10/h3,5,13H,1-2,4H2. The summed E-state index contributed by atoms with van der Waals surface area (Å²) in [5.41, 5.74) is 2.23. The number of phenols is 1. The number of halogens is 1. The van der Waals surface area contributed by atoms with Crippen molar-refractivity contribution < 1.29 is 9.90 Å². The molecule has 0 amide bonds. The third kappa shape index (κ3) is 1.70. The van der Waals surface area contributed by atoms with Crippen LogP contribution in [-0.2, 0) is 17.6 Å². The molecule has 1 aliphatic rings. The van der Waals surface area contributed by atoms with E-state index in [1.54, 1.807) is 12.1 Å². The SMILES string of the molecule is O=C1CCc2cc(O)cc(I)c2C1. The van der Waals surface area contributed by atoms with E-state index in [0.29, 0.717) is 24.4 Å². The molecule has 0 aromatic heterocycles. The van der Waals surface area contributed by atoms with Gasteiger partial charge in [-0.25, -0.2) is 0 Å². The van der Waals surface area contributed by atoms with Crippen LogP contribution >= 0.6 is 22.6 Å². The number of rotatable bonds is 0. The summed E-state index contributed by atoms with van der Waals surface area (Å²) in [5.74, 6) is 0.605. The summed E-state index contributed by atoms with van der Waals surface area (Å²) in [5, 5.41) is 9.35. The largest absolute Gasteiger partial charge is 0.508 e. The van der Waals surface area contributed by atoms with Crippen molar-refractivity contribution in [1.82, 2.24) is 0 Å². The van der Waals surface area contributed by atoms with Crippen molar-refractivity contribution >= 4 is 28.4 Å². The van der Waals surface area contributed by atoms with Crippen molar-refractivity contribution in [3.63, 3.8) is 0 Å². The maximum absolute atomic E-state index is 11.2. The minimum atomic E-state index is 0.302. The number of aryl methyl sites for hydroxylation is 1. The normalized spacial score (nSPS) is 15.6. The first-order chi connectivity index (χ1) is 6.16. The first-order valence-electron chi connectivity index (χ1n) is 4.19. The number of carbonyl (C=O) groups is 1. The second-order valence-electron chi connectivity index (χ2n) is 3.28. The minimum Gasteiger partial charge on any atom is -0.508 e. The number of fused-ring (bicyclic) bond motifs is 1. The van der Waals surface area contributed by atoms with Crippen molar-refractivity contribution in [3.8, 4) is 5.75 Å². The highest BCUT2D eigenvalue weighted by Gasteiger charge is 2.18. The quantitative estimate of drug-likeness (QED) is 0.742. The Morgan fingerprint density at radius 2 is 2.08 bits per heavy atom. The van der Waals surface area contributed by atoms with Crippen LogP contribution in [0.5, 0.6) is 5.75 Å². The molecule has 3 heteroatoms. The third-order valence-electron chi connectivity index (χ3n) is 2.32. The number of carbonyl (C=O) groups excluding carboxylic acids is 1. The molecule has 13 heavy (non-hydrogen) atoms. The maximum Gasteiger partial charge on any atom is 0.137 e. The van der Waals surface area contributed by atoms with Gasteiger partial charge in [-0.3, -0.25) is 4.79 Å². The second-order valence-corrected chi connectivity index (χ2v) is 4.44. The van der Waals surface area contributed by atoms with Gasteiger partial charge >= 0.3 is 0 Å². The minimum absolute atomic E-state index is 0.302. The summed E-state index contributed by atoms with van der Waals surface area (Å²) in [6.07, 6.45) is 1.93. The summed E-state index contributed by atoms with van der Waals surface area (Å²) < 4.78 is 1.00. The van der Waals surface area contributed by atoms with Crippen molar-refractivity contribution in [2.75, 3.05) is 0 Å². The fourth-order valence-corrected chi connectivity index (χ4v) is 2.51. The van der Waals surface area contributed by atoms with E-state index in [1.807, 2.05) is 0 Å². The van der Waals surface area contributed by atoms with Crippen molar-refractivity contribution in [2.45, 2.75) is 19.3 Å². The summed E-state index contributed by atoms with van der Waals surface area (Å²) >= 11 is 2.17. The van der Waals surface area contributed by atoms with Crippen LogP contribution in [0.2, 0.25) is 0 Å². The average molecular weight is 288 g/mol. The molecule has 1 aromatic rings. The van der Waals surface area contributed by atoms with E-state index in [0.717, 1.165) is 21.1 Å². The fraction of sp³-hybridized carbons (Fsp3) is 0.300. The molecule has 2 nitrogen and oxygen atoms in total. The molecule has 0 fully saturated rings. The van der Waals surface area contributed by atoms with Gasteiger partial charge in [0.05, 0.1) is 0 Å². The lowest BCUT2D eigenvalue weighted by Gasteiger charge is -2.16. The summed E-state index contributed by atoms with van der Waals surface area (Å²) in [6, 6.07) is 3.47. The molecule has 0 saturated carbocycles. The Balaban J connectivity index is 2.53. The molecule has 2 rings (SSSR count). The summed E-state index contributed by atoms with van der Waals surface area (Å²) in [6.45, 7) is 0. The first-order valence-corrected chi connectivity index (χ1v) is 5.26. The number of ketones is 1. The molecular weight excluding hydrogens is 279 g/mol. The molecule has 0 radical (unpaired) electrons. The van der Waals surface area contributed by atoms with Gasteiger partial charge in [-0.05, 0) is 52.3 Å². The van der Waals surface area contributed by atoms with E-state index in [4.69, 9.17) is 0 Å². The Morgan fingerprint density at radius 3 is 2.85 bits per heavy atom. The Kier molecular flexibility index (Phi) is 2.27. The maximum atomic E-state index is 11.2. The van der Waals surface area contributed by atoms with E-state index in [-0.39, 0.29) is 0 Å². The van der Waals surface area contributed by atoms with Gasteiger partial charge in [0.1, 0.15) is 11.5 Å². The van der Waals surface area contributed by atoms with Crippen LogP contribution in [0, 0.1) is 3.57 Å². The number of benzene rings is 1. The van der Waals surface area contributed by atoms with Gasteiger partial charge in [0.15, 0.2) is 0 Å². The van der Waals surface area contributed by atoms with E-state index in [2.05, 4.69) is 22.6 Å². The van der Waals surface area contributed by atoms with Gasteiger partial charge in [0.2, 0.25) is 0 Å². The Bertz CT molecular complexity index is 371. The van der Waals surface area contributed by atoms with Crippen LogP contribution < -0.4 is 0 Å². The smallest absolute Gasteiger partial charge is 0.137 e. The van der Waals surface area contributed by atoms with Crippen LogP contribution in [0.3, 0.4) is 0 Å². The number of Topliss-reactive ketones (excluding diaryl/α,β-unsaturated/α-hetero) is 1. The number of hydrogen-bond acceptors (Lipinski definition) is 2. The van der Waals surface area contributed by atoms with Gasteiger partial charge in [0, 0.05) is 16.4 Å². The predicted molar refractivity (Wildman–Crippen MR) is 57.9 cm³/mol. The zero-order valence-corrected chi connectivity index (χ0v) is 9.17. The Hall–Kier alpha value is -0.580. The van der Waals surface area contributed by atoms with E-state index in [1.165, 1.54) is 0 Å². The molecule has 0 atom stereocenters. The molecule has 1 N–H and O–H groups in total. The highest BCUT2D eigenvalue weighted by atomic mass is 127. The predicted octanol–water partition coefficient (Wildman–Crippen LogP) is 2.05. The fourth-order valence-electron chi connectivity index (χ4n) is 1.66. The first kappa shape index (κ1) is 8.99. The third-order valence-corrected chi connectivity index (χ3v) is 3.28. The van der Waals surface area contributed by atoms with E-state index >= 15 is 0 Å². The van der Waals surface area contributed by atoms with Crippen LogP contribution in [0.25, 0.3) is 0 Å². The Morgan fingerprint density at radius 1 is 1.31 bits per heavy atom. The molecule has 1 aromatic carbocycles. The second kappa shape index (κ2) is 3.29. The van der Waals surface area contributed by atoms with Crippen LogP contribution in [-0.4, -0.2) is 10.9 Å². The summed E-state index contributed by atoms with van der Waals surface area (Å²) in [7, 11) is 0. The van der Waals surface area contributed by atoms with Gasteiger partial charge in [-0.1, -0.05) is 0 Å². The number of aromatic hydroxyl groups is 1. The molecule has 0 bridgehead atoms. The molecule has 0 unspecified atom stereocenters. The molecule has 0 saturated heterocycles. The Labute approximate surface area is 90.1 Å². The van der Waals surface area contributed by atoms with Crippen LogP contribution in [0.4, 0.5) is 0 Å². The zero-order chi connectivity index (χ0) is 9.42. The van der Waals surface area contributed by atoms with Gasteiger partial charge in [-0.2, -0.15) is 0 Å². The van der Waals surface area contributed by atoms with Gasteiger partial charge in [0.25, 0.3) is 0 Å². The lowest BCUT2D eigenvalue weighted by molar-refractivity contribution is -0.118. The number of phenolic OH excluding ortho intramolecular Hbond substituents is 1. The zero-order valence-electron chi connectivity index (χ0n) is 7.01. The average Bonchev–Trinajstić information content (AvgIpc) is 2.06. The van der Waals surface area contributed by atoms with Crippen LogP contribution in [0.15, 0.2) is 12.1 Å².